The topological polar surface area (TPSA) is 113 Å². The van der Waals surface area contributed by atoms with Gasteiger partial charge in [-0.25, -0.2) is 0 Å². The molecule has 0 aliphatic heterocycles. The molecule has 8 nitrogen and oxygen atoms in total. The average molecular weight is 364 g/mol. The first-order chi connectivity index (χ1) is 13.1. The third kappa shape index (κ3) is 3.64. The molecule has 8 heteroatoms. The number of carbonyl (C=O) groups is 3. The maximum absolute atomic E-state index is 12.3. The van der Waals surface area contributed by atoms with Gasteiger partial charge in [0, 0.05) is 17.2 Å². The number of fused-ring (bicyclic) bond motifs is 1. The van der Waals surface area contributed by atoms with Gasteiger partial charge >= 0.3 is 11.8 Å². The number of benzene rings is 2. The second-order valence-electron chi connectivity index (χ2n) is 6.27. The number of nitrogens with zero attached hydrogens (tertiary/aromatic N) is 1. The molecular weight excluding hydrogens is 348 g/mol. The number of carbonyl (C=O) groups excluding carboxylic acids is 3. The number of hydrogen-bond donors (Lipinski definition) is 3. The van der Waals surface area contributed by atoms with E-state index in [4.69, 9.17) is 4.52 Å². The summed E-state index contributed by atoms with van der Waals surface area (Å²) in [4.78, 5) is 35.6. The van der Waals surface area contributed by atoms with Crippen molar-refractivity contribution in [3.8, 4) is 11.3 Å². The fraction of sp³-hybridized carbons (Fsp3) is 0.158. The minimum atomic E-state index is -0.911. The van der Waals surface area contributed by atoms with Crippen LogP contribution in [0, 0.1) is 0 Å². The van der Waals surface area contributed by atoms with Crippen LogP contribution in [0.3, 0.4) is 0 Å². The van der Waals surface area contributed by atoms with E-state index in [-0.39, 0.29) is 6.04 Å². The van der Waals surface area contributed by atoms with Crippen molar-refractivity contribution in [2.45, 2.75) is 18.9 Å². The Kier molecular flexibility index (Phi) is 4.29. The van der Waals surface area contributed by atoms with Crippen molar-refractivity contribution in [2.24, 2.45) is 0 Å². The molecular formula is C19H16N4O4. The van der Waals surface area contributed by atoms with Gasteiger partial charge in [0.2, 0.25) is 0 Å². The van der Waals surface area contributed by atoms with Crippen molar-refractivity contribution in [1.82, 2.24) is 21.3 Å². The molecule has 4 rings (SSSR count). The number of hydrazine groups is 1. The predicted octanol–water partition coefficient (Wildman–Crippen LogP) is 1.53. The van der Waals surface area contributed by atoms with Crippen molar-refractivity contribution in [2.75, 3.05) is 0 Å². The molecule has 0 saturated heterocycles. The lowest BCUT2D eigenvalue weighted by Crippen LogP contribution is -2.48. The molecule has 0 atom stereocenters. The van der Waals surface area contributed by atoms with Crippen molar-refractivity contribution in [3.63, 3.8) is 0 Å². The molecule has 1 aromatic heterocycles. The summed E-state index contributed by atoms with van der Waals surface area (Å²) in [6, 6.07) is 14.3. The molecule has 0 spiro atoms. The van der Waals surface area contributed by atoms with E-state index < -0.39 is 17.7 Å². The van der Waals surface area contributed by atoms with E-state index in [1.165, 1.54) is 0 Å². The van der Waals surface area contributed by atoms with E-state index in [1.807, 2.05) is 30.3 Å². The maximum atomic E-state index is 12.3. The number of aromatic nitrogens is 1. The standard InChI is InChI=1S/C19H16N4O4/c24-17(21-22-19(26)18(25)20-13-7-8-13)12-6-9-15-14(10-12)16(27-23-15)11-4-2-1-3-5-11/h1-6,9-10,13H,7-8H2,(H,20,25)(H,21,24)(H,22,26). The summed E-state index contributed by atoms with van der Waals surface area (Å²) in [6.45, 7) is 0. The fourth-order valence-electron chi connectivity index (χ4n) is 2.60. The van der Waals surface area contributed by atoms with Crippen molar-refractivity contribution < 1.29 is 18.9 Å². The molecule has 1 heterocycles. The molecule has 0 bridgehead atoms. The predicted molar refractivity (Wildman–Crippen MR) is 96.2 cm³/mol. The van der Waals surface area contributed by atoms with Gasteiger partial charge in [0.1, 0.15) is 5.52 Å². The van der Waals surface area contributed by atoms with Crippen LogP contribution < -0.4 is 16.2 Å². The monoisotopic (exact) mass is 364 g/mol. The molecule has 0 radical (unpaired) electrons. The van der Waals surface area contributed by atoms with Gasteiger partial charge in [-0.1, -0.05) is 35.5 Å². The summed E-state index contributed by atoms with van der Waals surface area (Å²) in [5.74, 6) is -1.68. The quantitative estimate of drug-likeness (QED) is 0.482. The zero-order valence-electron chi connectivity index (χ0n) is 14.2. The lowest BCUT2D eigenvalue weighted by Gasteiger charge is -2.07. The smallest absolute Gasteiger partial charge is 0.327 e. The molecule has 3 amide bonds. The van der Waals surface area contributed by atoms with Crippen LogP contribution in [0.15, 0.2) is 53.1 Å². The molecule has 3 N–H and O–H groups in total. The highest BCUT2D eigenvalue weighted by atomic mass is 16.5. The molecule has 1 aliphatic rings. The lowest BCUT2D eigenvalue weighted by atomic mass is 10.1. The van der Waals surface area contributed by atoms with Crippen LogP contribution in [-0.2, 0) is 9.59 Å². The number of nitrogens with one attached hydrogen (secondary N) is 3. The Labute approximate surface area is 153 Å². The third-order valence-corrected chi connectivity index (χ3v) is 4.18. The second kappa shape index (κ2) is 6.91. The molecule has 136 valence electrons. The van der Waals surface area contributed by atoms with E-state index in [0.717, 1.165) is 18.4 Å². The van der Waals surface area contributed by atoms with Crippen LogP contribution in [-0.4, -0.2) is 28.9 Å². The van der Waals surface area contributed by atoms with Crippen LogP contribution >= 0.6 is 0 Å². The van der Waals surface area contributed by atoms with Crippen LogP contribution in [0.5, 0.6) is 0 Å². The number of rotatable bonds is 3. The van der Waals surface area contributed by atoms with Crippen molar-refractivity contribution >= 4 is 28.6 Å². The lowest BCUT2D eigenvalue weighted by molar-refractivity contribution is -0.139. The van der Waals surface area contributed by atoms with Gasteiger partial charge in [0.15, 0.2) is 5.76 Å². The first kappa shape index (κ1) is 16.8. The molecule has 0 unspecified atom stereocenters. The minimum absolute atomic E-state index is 0.0614. The average Bonchev–Trinajstić information content (AvgIpc) is 3.41. The molecule has 1 saturated carbocycles. The summed E-state index contributed by atoms with van der Waals surface area (Å²) in [5.41, 5.74) is 6.09. The summed E-state index contributed by atoms with van der Waals surface area (Å²) in [5, 5.41) is 7.21. The normalized spacial score (nSPS) is 13.2. The Balaban J connectivity index is 1.48. The maximum Gasteiger partial charge on any atom is 0.327 e. The number of amides is 3. The SMILES string of the molecule is O=C(NNC(=O)c1ccc2noc(-c3ccccc3)c2c1)C(=O)NC1CC1. The van der Waals surface area contributed by atoms with E-state index in [2.05, 4.69) is 21.3 Å². The van der Waals surface area contributed by atoms with Crippen LogP contribution in [0.4, 0.5) is 0 Å². The zero-order chi connectivity index (χ0) is 18.8. The van der Waals surface area contributed by atoms with Crippen molar-refractivity contribution in [3.05, 3.63) is 54.1 Å². The molecule has 1 aliphatic carbocycles. The Bertz CT molecular complexity index is 1020. The van der Waals surface area contributed by atoms with E-state index >= 15 is 0 Å². The fourth-order valence-corrected chi connectivity index (χ4v) is 2.60. The van der Waals surface area contributed by atoms with Gasteiger partial charge in [-0.05, 0) is 31.0 Å². The number of hydrogen-bond acceptors (Lipinski definition) is 5. The summed E-state index contributed by atoms with van der Waals surface area (Å²) in [6.07, 6.45) is 1.74. The Morgan fingerprint density at radius 3 is 2.48 bits per heavy atom. The second-order valence-corrected chi connectivity index (χ2v) is 6.27. The van der Waals surface area contributed by atoms with Gasteiger partial charge < -0.3 is 9.84 Å². The van der Waals surface area contributed by atoms with E-state index in [1.54, 1.807) is 18.2 Å². The van der Waals surface area contributed by atoms with Gasteiger partial charge in [0.25, 0.3) is 5.91 Å². The minimum Gasteiger partial charge on any atom is -0.355 e. The molecule has 2 aromatic carbocycles. The van der Waals surface area contributed by atoms with Crippen LogP contribution in [0.1, 0.15) is 23.2 Å². The van der Waals surface area contributed by atoms with Gasteiger partial charge in [-0.15, -0.1) is 0 Å². The van der Waals surface area contributed by atoms with Crippen LogP contribution in [0.25, 0.3) is 22.2 Å². The first-order valence-corrected chi connectivity index (χ1v) is 8.48. The Morgan fingerprint density at radius 2 is 1.74 bits per heavy atom. The highest BCUT2D eigenvalue weighted by molar-refractivity contribution is 6.35. The first-order valence-electron chi connectivity index (χ1n) is 8.48. The summed E-state index contributed by atoms with van der Waals surface area (Å²) in [7, 11) is 0. The largest absolute Gasteiger partial charge is 0.355 e. The summed E-state index contributed by atoms with van der Waals surface area (Å²) < 4.78 is 5.40. The van der Waals surface area contributed by atoms with Gasteiger partial charge in [0.05, 0.1) is 5.39 Å². The Morgan fingerprint density at radius 1 is 0.963 bits per heavy atom. The molecule has 1 fully saturated rings. The molecule has 3 aromatic rings. The Hall–Kier alpha value is -3.68. The zero-order valence-corrected chi connectivity index (χ0v) is 14.2. The van der Waals surface area contributed by atoms with Crippen molar-refractivity contribution in [1.29, 1.82) is 0 Å². The summed E-state index contributed by atoms with van der Waals surface area (Å²) >= 11 is 0. The van der Waals surface area contributed by atoms with Crippen LogP contribution in [0.2, 0.25) is 0 Å². The van der Waals surface area contributed by atoms with E-state index in [9.17, 15) is 14.4 Å². The molecule has 27 heavy (non-hydrogen) atoms. The highest BCUT2D eigenvalue weighted by Crippen LogP contribution is 2.29. The third-order valence-electron chi connectivity index (χ3n) is 4.18. The van der Waals surface area contributed by atoms with E-state index in [0.29, 0.717) is 22.2 Å². The van der Waals surface area contributed by atoms with Gasteiger partial charge in [-0.3, -0.25) is 25.2 Å². The van der Waals surface area contributed by atoms with Gasteiger partial charge in [-0.2, -0.15) is 0 Å². The highest BCUT2D eigenvalue weighted by Gasteiger charge is 2.26.